The minimum atomic E-state index is -0.732. The maximum absolute atomic E-state index is 13.0. The second-order valence-electron chi connectivity index (χ2n) is 6.52. The fraction of sp³-hybridized carbons (Fsp3) is 0.588. The largest absolute Gasteiger partial charge is 0.368 e. The third kappa shape index (κ3) is 3.65. The summed E-state index contributed by atoms with van der Waals surface area (Å²) >= 11 is 0. The molecule has 0 bridgehead atoms. The van der Waals surface area contributed by atoms with Crippen LogP contribution < -0.4 is 10.6 Å². The number of hydrogen-bond acceptors (Lipinski definition) is 3. The number of amides is 1. The summed E-state index contributed by atoms with van der Waals surface area (Å²) in [5.74, 6) is -0.316. The summed E-state index contributed by atoms with van der Waals surface area (Å²) in [7, 11) is 1.59. The molecule has 0 spiro atoms. The van der Waals surface area contributed by atoms with Crippen LogP contribution in [0.2, 0.25) is 0 Å². The molecule has 0 unspecified atom stereocenters. The molecule has 0 aromatic heterocycles. The predicted molar refractivity (Wildman–Crippen MR) is 84.3 cm³/mol. The number of hydrogen-bond donors (Lipinski definition) is 2. The maximum atomic E-state index is 13.0. The Morgan fingerprint density at radius 2 is 1.91 bits per heavy atom. The molecule has 0 radical (unpaired) electrons. The summed E-state index contributed by atoms with van der Waals surface area (Å²) < 4.78 is 18.6. The smallest absolute Gasteiger partial charge is 0.252 e. The van der Waals surface area contributed by atoms with Crippen molar-refractivity contribution >= 4 is 5.91 Å². The SMILES string of the molecule is COC1(C(=O)NCC(C)(C)c2ccc(F)cc2)CCNCC1. The van der Waals surface area contributed by atoms with Gasteiger partial charge in [0.05, 0.1) is 0 Å². The number of rotatable bonds is 5. The van der Waals surface area contributed by atoms with Gasteiger partial charge in [0, 0.05) is 19.1 Å². The fourth-order valence-corrected chi connectivity index (χ4v) is 2.82. The molecule has 2 N–H and O–H groups in total. The second kappa shape index (κ2) is 6.75. The summed E-state index contributed by atoms with van der Waals surface area (Å²) in [6.45, 7) is 6.10. The lowest BCUT2D eigenvalue weighted by Gasteiger charge is -2.36. The van der Waals surface area contributed by atoms with Crippen LogP contribution >= 0.6 is 0 Å². The van der Waals surface area contributed by atoms with E-state index < -0.39 is 5.60 Å². The van der Waals surface area contributed by atoms with Crippen LogP contribution in [-0.4, -0.2) is 38.3 Å². The summed E-state index contributed by atoms with van der Waals surface area (Å²) in [5.41, 5.74) is -0.0130. The average Bonchev–Trinajstić information content (AvgIpc) is 2.53. The Balaban J connectivity index is 2.01. The monoisotopic (exact) mass is 308 g/mol. The van der Waals surface area contributed by atoms with Crippen LogP contribution in [0.25, 0.3) is 0 Å². The zero-order valence-electron chi connectivity index (χ0n) is 13.5. The number of carbonyl (C=O) groups is 1. The molecule has 1 aromatic carbocycles. The van der Waals surface area contributed by atoms with Crippen molar-refractivity contribution in [2.75, 3.05) is 26.7 Å². The Labute approximate surface area is 131 Å². The standard InChI is InChI=1S/C17H25FN2O2/c1-16(2,13-4-6-14(18)7-5-13)12-20-15(21)17(22-3)8-10-19-11-9-17/h4-7,19H,8-12H2,1-3H3,(H,20,21). The molecule has 0 saturated carbocycles. The molecule has 1 aliphatic heterocycles. The molecule has 22 heavy (non-hydrogen) atoms. The highest BCUT2D eigenvalue weighted by Gasteiger charge is 2.40. The highest BCUT2D eigenvalue weighted by molar-refractivity contribution is 5.85. The molecular formula is C17H25FN2O2. The highest BCUT2D eigenvalue weighted by Crippen LogP contribution is 2.25. The summed E-state index contributed by atoms with van der Waals surface area (Å²) in [6, 6.07) is 6.42. The van der Waals surface area contributed by atoms with E-state index in [9.17, 15) is 9.18 Å². The molecule has 0 aliphatic carbocycles. The molecule has 2 rings (SSSR count). The van der Waals surface area contributed by atoms with Gasteiger partial charge in [0.15, 0.2) is 0 Å². The van der Waals surface area contributed by atoms with Gasteiger partial charge in [-0.2, -0.15) is 0 Å². The average molecular weight is 308 g/mol. The first-order valence-electron chi connectivity index (χ1n) is 7.70. The normalized spacial score (nSPS) is 18.0. The molecule has 1 amide bonds. The van der Waals surface area contributed by atoms with E-state index in [0.29, 0.717) is 19.4 Å². The minimum absolute atomic E-state index is 0.0633. The molecule has 1 fully saturated rings. The van der Waals surface area contributed by atoms with Crippen molar-refractivity contribution in [1.29, 1.82) is 0 Å². The van der Waals surface area contributed by atoms with Gasteiger partial charge in [-0.1, -0.05) is 26.0 Å². The molecule has 1 heterocycles. The first-order valence-corrected chi connectivity index (χ1v) is 7.70. The van der Waals surface area contributed by atoms with E-state index in [2.05, 4.69) is 10.6 Å². The molecule has 122 valence electrons. The van der Waals surface area contributed by atoms with Crippen LogP contribution in [0.5, 0.6) is 0 Å². The van der Waals surface area contributed by atoms with Crippen LogP contribution in [-0.2, 0) is 14.9 Å². The number of methoxy groups -OCH3 is 1. The maximum Gasteiger partial charge on any atom is 0.252 e. The number of piperidine rings is 1. The van der Waals surface area contributed by atoms with Gasteiger partial charge in [0.1, 0.15) is 11.4 Å². The van der Waals surface area contributed by atoms with Crippen molar-refractivity contribution in [3.05, 3.63) is 35.6 Å². The van der Waals surface area contributed by atoms with Crippen molar-refractivity contribution in [3.8, 4) is 0 Å². The van der Waals surface area contributed by atoms with Gasteiger partial charge in [0.25, 0.3) is 5.91 Å². The van der Waals surface area contributed by atoms with E-state index in [1.807, 2.05) is 13.8 Å². The molecule has 5 heteroatoms. The van der Waals surface area contributed by atoms with Gasteiger partial charge in [-0.3, -0.25) is 4.79 Å². The van der Waals surface area contributed by atoms with Crippen molar-refractivity contribution in [3.63, 3.8) is 0 Å². The summed E-state index contributed by atoms with van der Waals surface area (Å²) in [4.78, 5) is 12.6. The zero-order valence-corrected chi connectivity index (χ0v) is 13.5. The van der Waals surface area contributed by atoms with Crippen LogP contribution in [0, 0.1) is 5.82 Å². The Bertz CT molecular complexity index is 508. The van der Waals surface area contributed by atoms with Gasteiger partial charge >= 0.3 is 0 Å². The number of carbonyl (C=O) groups excluding carboxylic acids is 1. The van der Waals surface area contributed by atoms with Crippen molar-refractivity contribution in [1.82, 2.24) is 10.6 Å². The topological polar surface area (TPSA) is 50.4 Å². The van der Waals surface area contributed by atoms with Crippen LogP contribution in [0.15, 0.2) is 24.3 Å². The lowest BCUT2D eigenvalue weighted by atomic mass is 9.84. The number of benzene rings is 1. The van der Waals surface area contributed by atoms with Gasteiger partial charge in [-0.15, -0.1) is 0 Å². The number of halogens is 1. The molecule has 4 nitrogen and oxygen atoms in total. The lowest BCUT2D eigenvalue weighted by molar-refractivity contribution is -0.146. The predicted octanol–water partition coefficient (Wildman–Crippen LogP) is 1.99. The third-order valence-corrected chi connectivity index (χ3v) is 4.53. The van der Waals surface area contributed by atoms with E-state index in [1.54, 1.807) is 19.2 Å². The number of ether oxygens (including phenoxy) is 1. The Hall–Kier alpha value is -1.46. The van der Waals surface area contributed by atoms with E-state index in [4.69, 9.17) is 4.74 Å². The van der Waals surface area contributed by atoms with Crippen LogP contribution in [0.1, 0.15) is 32.3 Å². The van der Waals surface area contributed by atoms with Gasteiger partial charge in [-0.25, -0.2) is 4.39 Å². The zero-order chi connectivity index (χ0) is 16.2. The first kappa shape index (κ1) is 16.9. The molecular weight excluding hydrogens is 283 g/mol. The summed E-state index contributed by atoms with van der Waals surface area (Å²) in [6.07, 6.45) is 1.35. The van der Waals surface area contributed by atoms with Gasteiger partial charge in [0.2, 0.25) is 0 Å². The van der Waals surface area contributed by atoms with Crippen LogP contribution in [0.4, 0.5) is 4.39 Å². The third-order valence-electron chi connectivity index (χ3n) is 4.53. The van der Waals surface area contributed by atoms with E-state index >= 15 is 0 Å². The van der Waals surface area contributed by atoms with Gasteiger partial charge in [-0.05, 0) is 43.6 Å². The van der Waals surface area contributed by atoms with Crippen LogP contribution in [0.3, 0.4) is 0 Å². The summed E-state index contributed by atoms with van der Waals surface area (Å²) in [5, 5.41) is 6.25. The molecule has 1 aromatic rings. The molecule has 1 saturated heterocycles. The van der Waals surface area contributed by atoms with E-state index in [-0.39, 0.29) is 17.1 Å². The minimum Gasteiger partial charge on any atom is -0.368 e. The van der Waals surface area contributed by atoms with Crippen molar-refractivity contribution in [2.45, 2.75) is 37.7 Å². The van der Waals surface area contributed by atoms with Crippen molar-refractivity contribution < 1.29 is 13.9 Å². The Morgan fingerprint density at radius 3 is 2.45 bits per heavy atom. The number of nitrogens with one attached hydrogen (secondary N) is 2. The Kier molecular flexibility index (Phi) is 5.19. The van der Waals surface area contributed by atoms with Crippen molar-refractivity contribution in [2.24, 2.45) is 0 Å². The van der Waals surface area contributed by atoms with Gasteiger partial charge < -0.3 is 15.4 Å². The molecule has 0 atom stereocenters. The lowest BCUT2D eigenvalue weighted by Crippen LogP contribution is -2.55. The quantitative estimate of drug-likeness (QED) is 0.874. The first-order chi connectivity index (χ1) is 10.4. The van der Waals surface area contributed by atoms with E-state index in [0.717, 1.165) is 18.7 Å². The second-order valence-corrected chi connectivity index (χ2v) is 6.52. The Morgan fingerprint density at radius 1 is 1.32 bits per heavy atom. The molecule has 1 aliphatic rings. The van der Waals surface area contributed by atoms with E-state index in [1.165, 1.54) is 12.1 Å². The fourth-order valence-electron chi connectivity index (χ4n) is 2.82. The highest BCUT2D eigenvalue weighted by atomic mass is 19.1.